The molecule has 0 aromatic heterocycles. The Kier molecular flexibility index (Phi) is 4.83. The molecule has 0 radical (unpaired) electrons. The van der Waals surface area contributed by atoms with Gasteiger partial charge in [0.25, 0.3) is 0 Å². The van der Waals surface area contributed by atoms with Gasteiger partial charge in [0.05, 0.1) is 0 Å². The molecule has 1 nitrogen and oxygen atoms in total. The normalized spacial score (nSPS) is 13.1. The SMILES string of the molecule is CCCc1ccc([C@H](C)NC(C)C)cc1. The second-order valence-electron chi connectivity index (χ2n) is 4.53. The zero-order valence-corrected chi connectivity index (χ0v) is 10.4. The van der Waals surface area contributed by atoms with Crippen LogP contribution in [0.15, 0.2) is 24.3 Å². The van der Waals surface area contributed by atoms with Gasteiger partial charge in [0, 0.05) is 12.1 Å². The number of hydrogen-bond donors (Lipinski definition) is 1. The Balaban J connectivity index is 2.62. The summed E-state index contributed by atoms with van der Waals surface area (Å²) in [7, 11) is 0. The zero-order chi connectivity index (χ0) is 11.3. The molecule has 1 atom stereocenters. The molecule has 0 spiro atoms. The van der Waals surface area contributed by atoms with Crippen LogP contribution < -0.4 is 5.32 Å². The molecule has 0 bridgehead atoms. The third-order valence-corrected chi connectivity index (χ3v) is 2.60. The Morgan fingerprint density at radius 2 is 1.67 bits per heavy atom. The molecule has 0 heterocycles. The summed E-state index contributed by atoms with van der Waals surface area (Å²) in [5, 5.41) is 3.51. The van der Waals surface area contributed by atoms with Crippen LogP contribution in [0.2, 0.25) is 0 Å². The maximum absolute atomic E-state index is 3.51. The standard InChI is InChI=1S/C14H23N/c1-5-6-13-7-9-14(10-8-13)12(4)15-11(2)3/h7-12,15H,5-6H2,1-4H3/t12-/m0/s1. The fraction of sp³-hybridized carbons (Fsp3) is 0.571. The summed E-state index contributed by atoms with van der Waals surface area (Å²) in [6.45, 7) is 8.80. The third-order valence-electron chi connectivity index (χ3n) is 2.60. The summed E-state index contributed by atoms with van der Waals surface area (Å²) in [4.78, 5) is 0. The third kappa shape index (κ3) is 4.05. The summed E-state index contributed by atoms with van der Waals surface area (Å²) >= 11 is 0. The van der Waals surface area contributed by atoms with Gasteiger partial charge in [-0.3, -0.25) is 0 Å². The first-order valence-corrected chi connectivity index (χ1v) is 5.98. The van der Waals surface area contributed by atoms with Gasteiger partial charge in [0.2, 0.25) is 0 Å². The van der Waals surface area contributed by atoms with Crippen molar-refractivity contribution in [1.82, 2.24) is 5.32 Å². The Morgan fingerprint density at radius 1 is 1.07 bits per heavy atom. The molecular weight excluding hydrogens is 182 g/mol. The maximum Gasteiger partial charge on any atom is 0.0294 e. The molecule has 15 heavy (non-hydrogen) atoms. The Morgan fingerprint density at radius 3 is 2.13 bits per heavy atom. The van der Waals surface area contributed by atoms with E-state index < -0.39 is 0 Å². The van der Waals surface area contributed by atoms with Gasteiger partial charge < -0.3 is 5.32 Å². The molecule has 0 aliphatic carbocycles. The van der Waals surface area contributed by atoms with Crippen LogP contribution in [0.4, 0.5) is 0 Å². The van der Waals surface area contributed by atoms with E-state index in [1.54, 1.807) is 0 Å². The van der Waals surface area contributed by atoms with Gasteiger partial charge in [-0.15, -0.1) is 0 Å². The minimum absolute atomic E-state index is 0.445. The molecule has 0 fully saturated rings. The summed E-state index contributed by atoms with van der Waals surface area (Å²) in [5.41, 5.74) is 2.82. The predicted molar refractivity (Wildman–Crippen MR) is 67.1 cm³/mol. The van der Waals surface area contributed by atoms with Gasteiger partial charge in [-0.2, -0.15) is 0 Å². The van der Waals surface area contributed by atoms with Gasteiger partial charge in [-0.25, -0.2) is 0 Å². The van der Waals surface area contributed by atoms with E-state index in [9.17, 15) is 0 Å². The van der Waals surface area contributed by atoms with Gasteiger partial charge >= 0.3 is 0 Å². The molecule has 0 aliphatic heterocycles. The van der Waals surface area contributed by atoms with Crippen molar-refractivity contribution in [3.63, 3.8) is 0 Å². The topological polar surface area (TPSA) is 12.0 Å². The number of benzene rings is 1. The van der Waals surface area contributed by atoms with E-state index in [0.717, 1.165) is 0 Å². The van der Waals surface area contributed by atoms with Crippen LogP contribution in [0.1, 0.15) is 51.3 Å². The minimum Gasteiger partial charge on any atom is -0.308 e. The van der Waals surface area contributed by atoms with Crippen molar-refractivity contribution in [2.45, 2.75) is 52.6 Å². The molecule has 1 N–H and O–H groups in total. The van der Waals surface area contributed by atoms with E-state index >= 15 is 0 Å². The van der Waals surface area contributed by atoms with E-state index in [0.29, 0.717) is 12.1 Å². The molecule has 1 aromatic rings. The summed E-state index contributed by atoms with van der Waals surface area (Å²) in [6, 6.07) is 9.96. The average molecular weight is 205 g/mol. The van der Waals surface area contributed by atoms with Crippen molar-refractivity contribution >= 4 is 0 Å². The molecule has 0 saturated heterocycles. The Bertz CT molecular complexity index is 274. The fourth-order valence-electron chi connectivity index (χ4n) is 1.86. The molecule has 0 unspecified atom stereocenters. The van der Waals surface area contributed by atoms with Crippen LogP contribution in [0.5, 0.6) is 0 Å². The summed E-state index contributed by atoms with van der Waals surface area (Å²) in [5.74, 6) is 0. The lowest BCUT2D eigenvalue weighted by atomic mass is 10.0. The first-order valence-electron chi connectivity index (χ1n) is 5.98. The van der Waals surface area contributed by atoms with Crippen LogP contribution in [0, 0.1) is 0 Å². The lowest BCUT2D eigenvalue weighted by Crippen LogP contribution is -2.25. The van der Waals surface area contributed by atoms with Crippen molar-refractivity contribution in [3.8, 4) is 0 Å². The molecule has 1 aromatic carbocycles. The number of hydrogen-bond acceptors (Lipinski definition) is 1. The van der Waals surface area contributed by atoms with Gasteiger partial charge in [0.1, 0.15) is 0 Å². The highest BCUT2D eigenvalue weighted by atomic mass is 14.9. The van der Waals surface area contributed by atoms with Gasteiger partial charge in [-0.1, -0.05) is 51.5 Å². The van der Waals surface area contributed by atoms with Crippen molar-refractivity contribution in [3.05, 3.63) is 35.4 Å². The maximum atomic E-state index is 3.51. The van der Waals surface area contributed by atoms with Crippen molar-refractivity contribution < 1.29 is 0 Å². The first kappa shape index (κ1) is 12.3. The first-order chi connectivity index (χ1) is 7.13. The van der Waals surface area contributed by atoms with Crippen molar-refractivity contribution in [2.75, 3.05) is 0 Å². The van der Waals surface area contributed by atoms with E-state index in [2.05, 4.69) is 57.3 Å². The second-order valence-corrected chi connectivity index (χ2v) is 4.53. The molecule has 84 valence electrons. The van der Waals surface area contributed by atoms with E-state index in [1.165, 1.54) is 24.0 Å². The van der Waals surface area contributed by atoms with Crippen LogP contribution in [-0.2, 0) is 6.42 Å². The highest BCUT2D eigenvalue weighted by Crippen LogP contribution is 2.14. The van der Waals surface area contributed by atoms with Crippen molar-refractivity contribution in [1.29, 1.82) is 0 Å². The van der Waals surface area contributed by atoms with Crippen molar-refractivity contribution in [2.24, 2.45) is 0 Å². The minimum atomic E-state index is 0.445. The largest absolute Gasteiger partial charge is 0.308 e. The summed E-state index contributed by atoms with van der Waals surface area (Å²) in [6.07, 6.45) is 2.41. The number of rotatable bonds is 5. The predicted octanol–water partition coefficient (Wildman–Crippen LogP) is 3.70. The number of aryl methyl sites for hydroxylation is 1. The highest BCUT2D eigenvalue weighted by Gasteiger charge is 2.05. The zero-order valence-electron chi connectivity index (χ0n) is 10.4. The highest BCUT2D eigenvalue weighted by molar-refractivity contribution is 5.24. The van der Waals surface area contributed by atoms with E-state index in [4.69, 9.17) is 0 Å². The molecule has 0 saturated carbocycles. The van der Waals surface area contributed by atoms with Crippen LogP contribution in [0.25, 0.3) is 0 Å². The smallest absolute Gasteiger partial charge is 0.0294 e. The molecular formula is C14H23N. The monoisotopic (exact) mass is 205 g/mol. The van der Waals surface area contributed by atoms with E-state index in [-0.39, 0.29) is 0 Å². The van der Waals surface area contributed by atoms with Crippen LogP contribution >= 0.6 is 0 Å². The summed E-state index contributed by atoms with van der Waals surface area (Å²) < 4.78 is 0. The lowest BCUT2D eigenvalue weighted by Gasteiger charge is -2.17. The van der Waals surface area contributed by atoms with Gasteiger partial charge in [-0.05, 0) is 24.5 Å². The molecule has 0 amide bonds. The second kappa shape index (κ2) is 5.92. The van der Waals surface area contributed by atoms with Crippen LogP contribution in [-0.4, -0.2) is 6.04 Å². The quantitative estimate of drug-likeness (QED) is 0.773. The Hall–Kier alpha value is -0.820. The lowest BCUT2D eigenvalue weighted by molar-refractivity contribution is 0.506. The van der Waals surface area contributed by atoms with Gasteiger partial charge in [0.15, 0.2) is 0 Å². The Labute approximate surface area is 93.9 Å². The average Bonchev–Trinajstić information content (AvgIpc) is 2.18. The van der Waals surface area contributed by atoms with E-state index in [1.807, 2.05) is 0 Å². The molecule has 1 rings (SSSR count). The number of nitrogens with one attached hydrogen (secondary N) is 1. The molecule has 1 heteroatoms. The molecule has 0 aliphatic rings. The fourth-order valence-corrected chi connectivity index (χ4v) is 1.86. The van der Waals surface area contributed by atoms with Crippen LogP contribution in [0.3, 0.4) is 0 Å².